The van der Waals surface area contributed by atoms with E-state index >= 15 is 0 Å². The zero-order valence-corrected chi connectivity index (χ0v) is 14.7. The molecule has 4 aromatic rings. The highest BCUT2D eigenvalue weighted by molar-refractivity contribution is 5.88. The first-order chi connectivity index (χ1) is 13.2. The van der Waals surface area contributed by atoms with Crippen molar-refractivity contribution in [2.24, 2.45) is 0 Å². The normalized spacial score (nSPS) is 10.7. The van der Waals surface area contributed by atoms with E-state index in [0.29, 0.717) is 22.9 Å². The molecule has 0 aliphatic carbocycles. The van der Waals surface area contributed by atoms with Gasteiger partial charge < -0.3 is 9.15 Å². The lowest BCUT2D eigenvalue weighted by Crippen LogP contribution is -2.05. The van der Waals surface area contributed by atoms with E-state index in [1.165, 1.54) is 6.20 Å². The Balaban J connectivity index is 1.44. The largest absolute Gasteiger partial charge is 0.455 e. The molecule has 0 aliphatic rings. The van der Waals surface area contributed by atoms with Gasteiger partial charge in [-0.3, -0.25) is 0 Å². The topological polar surface area (TPSA) is 70.2 Å². The predicted octanol–water partition coefficient (Wildman–Crippen LogP) is 4.19. The fourth-order valence-corrected chi connectivity index (χ4v) is 2.63. The van der Waals surface area contributed by atoms with Crippen LogP contribution in [-0.2, 0) is 11.3 Å². The van der Waals surface area contributed by atoms with Crippen LogP contribution in [0.3, 0.4) is 0 Å². The minimum atomic E-state index is -0.458. The third-order valence-corrected chi connectivity index (χ3v) is 4.09. The van der Waals surface area contributed by atoms with E-state index in [2.05, 4.69) is 10.1 Å². The third kappa shape index (κ3) is 3.64. The maximum atomic E-state index is 12.3. The number of hydrogen-bond donors (Lipinski definition) is 0. The van der Waals surface area contributed by atoms with Gasteiger partial charge in [0.25, 0.3) is 0 Å². The lowest BCUT2D eigenvalue weighted by Gasteiger charge is -2.01. The molecule has 0 bridgehead atoms. The van der Waals surface area contributed by atoms with Crippen molar-refractivity contribution < 1.29 is 13.9 Å². The summed E-state index contributed by atoms with van der Waals surface area (Å²) >= 11 is 0. The molecule has 6 nitrogen and oxygen atoms in total. The van der Waals surface area contributed by atoms with Gasteiger partial charge in [-0.1, -0.05) is 36.4 Å². The van der Waals surface area contributed by atoms with E-state index in [1.54, 1.807) is 17.8 Å². The van der Waals surface area contributed by atoms with Crippen LogP contribution in [0.1, 0.15) is 21.8 Å². The van der Waals surface area contributed by atoms with E-state index in [0.717, 1.165) is 11.3 Å². The van der Waals surface area contributed by atoms with E-state index in [9.17, 15) is 4.79 Å². The van der Waals surface area contributed by atoms with Crippen molar-refractivity contribution in [2.45, 2.75) is 13.5 Å². The van der Waals surface area contributed by atoms with Crippen LogP contribution in [0.2, 0.25) is 0 Å². The summed E-state index contributed by atoms with van der Waals surface area (Å²) in [7, 11) is 0. The maximum Gasteiger partial charge on any atom is 0.341 e. The van der Waals surface area contributed by atoms with Gasteiger partial charge in [-0.05, 0) is 31.2 Å². The molecular formula is C21H17N3O3. The van der Waals surface area contributed by atoms with Crippen LogP contribution in [0.25, 0.3) is 17.1 Å². The van der Waals surface area contributed by atoms with Crippen molar-refractivity contribution in [1.29, 1.82) is 0 Å². The molecule has 0 atom stereocenters. The zero-order valence-electron chi connectivity index (χ0n) is 14.7. The number of oxazole rings is 1. The number of aryl methyl sites for hydroxylation is 1. The van der Waals surface area contributed by atoms with Crippen LogP contribution in [0.15, 0.2) is 77.5 Å². The number of carbonyl (C=O) groups excluding carboxylic acids is 1. The molecule has 134 valence electrons. The van der Waals surface area contributed by atoms with E-state index in [1.807, 2.05) is 60.7 Å². The van der Waals surface area contributed by atoms with Gasteiger partial charge in [-0.15, -0.1) is 0 Å². The molecule has 2 aromatic carbocycles. The maximum absolute atomic E-state index is 12.3. The summed E-state index contributed by atoms with van der Waals surface area (Å²) in [5, 5.41) is 4.21. The molecule has 6 heteroatoms. The number of carbonyl (C=O) groups is 1. The average molecular weight is 359 g/mol. The number of nitrogens with zero attached hydrogens (tertiary/aromatic N) is 3. The first-order valence-corrected chi connectivity index (χ1v) is 8.49. The van der Waals surface area contributed by atoms with Crippen LogP contribution >= 0.6 is 0 Å². The van der Waals surface area contributed by atoms with E-state index in [4.69, 9.17) is 9.15 Å². The Labute approximate surface area is 156 Å². The zero-order chi connectivity index (χ0) is 18.6. The highest BCUT2D eigenvalue weighted by Gasteiger charge is 2.15. The van der Waals surface area contributed by atoms with Crippen molar-refractivity contribution in [3.05, 3.63) is 90.1 Å². The fourth-order valence-electron chi connectivity index (χ4n) is 2.63. The lowest BCUT2D eigenvalue weighted by atomic mass is 10.2. The standard InChI is InChI=1S/C21H17N3O3/c1-15-19(23-20(27-15)16-8-4-2-5-9-16)14-26-21(25)17-12-22-24(13-17)18-10-6-3-7-11-18/h2-13H,14H2,1H3. The van der Waals surface area contributed by atoms with Gasteiger partial charge in [-0.2, -0.15) is 5.10 Å². The van der Waals surface area contributed by atoms with E-state index < -0.39 is 5.97 Å². The number of aromatic nitrogens is 3. The van der Waals surface area contributed by atoms with Crippen molar-refractivity contribution in [3.63, 3.8) is 0 Å². The molecule has 0 radical (unpaired) electrons. The summed E-state index contributed by atoms with van der Waals surface area (Å²) in [5.41, 5.74) is 2.72. The SMILES string of the molecule is Cc1oc(-c2ccccc2)nc1COC(=O)c1cnn(-c2ccccc2)c1. The molecule has 2 aromatic heterocycles. The van der Waals surface area contributed by atoms with Crippen molar-refractivity contribution in [3.8, 4) is 17.1 Å². The van der Waals surface area contributed by atoms with Crippen molar-refractivity contribution in [2.75, 3.05) is 0 Å². The quantitative estimate of drug-likeness (QED) is 0.500. The van der Waals surface area contributed by atoms with Gasteiger partial charge in [0.2, 0.25) is 5.89 Å². The Morgan fingerprint density at radius 2 is 1.78 bits per heavy atom. The van der Waals surface area contributed by atoms with Gasteiger partial charge in [0, 0.05) is 11.8 Å². The molecule has 2 heterocycles. The molecule has 0 fully saturated rings. The Bertz CT molecular complexity index is 1050. The summed E-state index contributed by atoms with van der Waals surface area (Å²) in [6, 6.07) is 19.1. The predicted molar refractivity (Wildman–Crippen MR) is 99.4 cm³/mol. The van der Waals surface area contributed by atoms with Crippen LogP contribution in [0, 0.1) is 6.92 Å². The van der Waals surface area contributed by atoms with Gasteiger partial charge in [0.1, 0.15) is 18.1 Å². The van der Waals surface area contributed by atoms with Gasteiger partial charge in [0.05, 0.1) is 17.4 Å². The molecular weight excluding hydrogens is 342 g/mol. The molecule has 27 heavy (non-hydrogen) atoms. The number of benzene rings is 2. The highest BCUT2D eigenvalue weighted by Crippen LogP contribution is 2.22. The summed E-state index contributed by atoms with van der Waals surface area (Å²) in [5.74, 6) is 0.679. The Kier molecular flexibility index (Phi) is 4.53. The first kappa shape index (κ1) is 16.8. The molecule has 0 saturated heterocycles. The molecule has 0 saturated carbocycles. The van der Waals surface area contributed by atoms with Crippen LogP contribution in [0.4, 0.5) is 0 Å². The first-order valence-electron chi connectivity index (χ1n) is 8.49. The minimum absolute atomic E-state index is 0.0392. The molecule has 0 unspecified atom stereocenters. The van der Waals surface area contributed by atoms with Crippen molar-refractivity contribution >= 4 is 5.97 Å². The summed E-state index contributed by atoms with van der Waals surface area (Å²) in [6.07, 6.45) is 3.13. The van der Waals surface area contributed by atoms with Crippen LogP contribution < -0.4 is 0 Å². The van der Waals surface area contributed by atoms with Gasteiger partial charge in [0.15, 0.2) is 0 Å². The van der Waals surface area contributed by atoms with Crippen LogP contribution in [-0.4, -0.2) is 20.7 Å². The van der Waals surface area contributed by atoms with E-state index in [-0.39, 0.29) is 6.61 Å². The fraction of sp³-hybridized carbons (Fsp3) is 0.0952. The van der Waals surface area contributed by atoms with Gasteiger partial charge >= 0.3 is 5.97 Å². The molecule has 0 aliphatic heterocycles. The number of ether oxygens (including phenoxy) is 1. The number of hydrogen-bond acceptors (Lipinski definition) is 5. The van der Waals surface area contributed by atoms with Gasteiger partial charge in [-0.25, -0.2) is 14.5 Å². The second-order valence-electron chi connectivity index (χ2n) is 5.97. The summed E-state index contributed by atoms with van der Waals surface area (Å²) in [6.45, 7) is 1.84. The smallest absolute Gasteiger partial charge is 0.341 e. The molecule has 0 N–H and O–H groups in total. The minimum Gasteiger partial charge on any atom is -0.455 e. The lowest BCUT2D eigenvalue weighted by molar-refractivity contribution is 0.0467. The summed E-state index contributed by atoms with van der Waals surface area (Å²) < 4.78 is 12.7. The molecule has 0 amide bonds. The highest BCUT2D eigenvalue weighted by atomic mass is 16.5. The Morgan fingerprint density at radius 1 is 1.07 bits per heavy atom. The second-order valence-corrected chi connectivity index (χ2v) is 5.97. The van der Waals surface area contributed by atoms with Crippen LogP contribution in [0.5, 0.6) is 0 Å². The molecule has 4 rings (SSSR count). The number of para-hydroxylation sites is 1. The third-order valence-electron chi connectivity index (χ3n) is 4.09. The Morgan fingerprint density at radius 3 is 2.52 bits per heavy atom. The monoisotopic (exact) mass is 359 g/mol. The second kappa shape index (κ2) is 7.29. The molecule has 0 spiro atoms. The number of esters is 1. The Hall–Kier alpha value is -3.67. The van der Waals surface area contributed by atoms with Crippen molar-refractivity contribution in [1.82, 2.24) is 14.8 Å². The summed E-state index contributed by atoms with van der Waals surface area (Å²) in [4.78, 5) is 16.8. The number of rotatable bonds is 5. The average Bonchev–Trinajstić information content (AvgIpc) is 3.35.